The van der Waals surface area contributed by atoms with Crippen LogP contribution in [0.15, 0.2) is 18.3 Å². The average Bonchev–Trinajstić information content (AvgIpc) is 2.33. The molecule has 0 spiro atoms. The number of anilines is 1. The van der Waals surface area contributed by atoms with Crippen LogP contribution >= 0.6 is 0 Å². The van der Waals surface area contributed by atoms with Crippen LogP contribution in [0.2, 0.25) is 0 Å². The minimum Gasteiger partial charge on any atom is -0.355 e. The first-order valence-corrected chi connectivity index (χ1v) is 5.65. The van der Waals surface area contributed by atoms with Gasteiger partial charge in [0.1, 0.15) is 5.82 Å². The quantitative estimate of drug-likeness (QED) is 0.795. The van der Waals surface area contributed by atoms with E-state index in [0.717, 1.165) is 5.56 Å². The van der Waals surface area contributed by atoms with Crippen LogP contribution in [0.1, 0.15) is 18.4 Å². The van der Waals surface area contributed by atoms with E-state index in [9.17, 15) is 9.59 Å². The molecule has 0 aliphatic carbocycles. The number of aryl methyl sites for hydroxylation is 1. The number of rotatable bonds is 2. The molecule has 2 amide bonds. The lowest BCUT2D eigenvalue weighted by atomic mass is 9.98. The van der Waals surface area contributed by atoms with E-state index in [1.165, 1.54) is 0 Å². The van der Waals surface area contributed by atoms with Crippen molar-refractivity contribution in [1.82, 2.24) is 10.3 Å². The number of nitrogens with zero attached hydrogens (tertiary/aromatic N) is 1. The number of carbonyl (C=O) groups is 2. The van der Waals surface area contributed by atoms with Crippen molar-refractivity contribution in [3.05, 3.63) is 23.9 Å². The summed E-state index contributed by atoms with van der Waals surface area (Å²) in [6, 6.07) is 3.67. The standard InChI is InChI=1S/C12H15N3O2/c1-8-2-4-10(13-6-8)15-12(17)9-3-5-11(16)14-7-9/h2,4,6,9H,3,5,7H2,1H3,(H,14,16)(H,13,15,17)/t9-/m1/s1. The van der Waals surface area contributed by atoms with E-state index < -0.39 is 0 Å². The highest BCUT2D eigenvalue weighted by atomic mass is 16.2. The van der Waals surface area contributed by atoms with Gasteiger partial charge in [0.05, 0.1) is 5.92 Å². The average molecular weight is 233 g/mol. The number of amides is 2. The lowest BCUT2D eigenvalue weighted by Gasteiger charge is -2.21. The maximum atomic E-state index is 11.9. The minimum absolute atomic E-state index is 0.0162. The zero-order valence-electron chi connectivity index (χ0n) is 9.69. The molecule has 1 saturated heterocycles. The van der Waals surface area contributed by atoms with Crippen LogP contribution in [-0.4, -0.2) is 23.3 Å². The Hall–Kier alpha value is -1.91. The van der Waals surface area contributed by atoms with Crippen molar-refractivity contribution < 1.29 is 9.59 Å². The predicted octanol–water partition coefficient (Wildman–Crippen LogP) is 0.855. The molecule has 0 unspecified atom stereocenters. The van der Waals surface area contributed by atoms with Gasteiger partial charge in [-0.2, -0.15) is 0 Å². The molecule has 0 saturated carbocycles. The Morgan fingerprint density at radius 2 is 2.35 bits per heavy atom. The maximum Gasteiger partial charge on any atom is 0.230 e. The molecule has 0 aromatic carbocycles. The zero-order valence-corrected chi connectivity index (χ0v) is 9.69. The molecule has 90 valence electrons. The number of nitrogens with one attached hydrogen (secondary N) is 2. The van der Waals surface area contributed by atoms with E-state index >= 15 is 0 Å². The summed E-state index contributed by atoms with van der Waals surface area (Å²) in [5.74, 6) is 0.331. The zero-order chi connectivity index (χ0) is 12.3. The maximum absolute atomic E-state index is 11.9. The summed E-state index contributed by atoms with van der Waals surface area (Å²) in [6.45, 7) is 2.35. The third-order valence-corrected chi connectivity index (χ3v) is 2.80. The van der Waals surface area contributed by atoms with Gasteiger partial charge in [0.2, 0.25) is 11.8 Å². The Labute approximate surface area is 99.6 Å². The van der Waals surface area contributed by atoms with Crippen molar-refractivity contribution >= 4 is 17.6 Å². The van der Waals surface area contributed by atoms with Gasteiger partial charge in [0.25, 0.3) is 0 Å². The monoisotopic (exact) mass is 233 g/mol. The van der Waals surface area contributed by atoms with Crippen LogP contribution in [0.3, 0.4) is 0 Å². The Balaban J connectivity index is 1.92. The Bertz CT molecular complexity index is 418. The second kappa shape index (κ2) is 4.95. The summed E-state index contributed by atoms with van der Waals surface area (Å²) >= 11 is 0. The lowest BCUT2D eigenvalue weighted by Crippen LogP contribution is -2.40. The van der Waals surface area contributed by atoms with Crippen molar-refractivity contribution in [3.63, 3.8) is 0 Å². The highest BCUT2D eigenvalue weighted by Gasteiger charge is 2.24. The molecule has 5 heteroatoms. The molecule has 2 N–H and O–H groups in total. The van der Waals surface area contributed by atoms with Gasteiger partial charge in [0.15, 0.2) is 0 Å². The van der Waals surface area contributed by atoms with E-state index in [-0.39, 0.29) is 17.7 Å². The summed E-state index contributed by atoms with van der Waals surface area (Å²) in [4.78, 5) is 26.9. The fraction of sp³-hybridized carbons (Fsp3) is 0.417. The molecule has 5 nitrogen and oxygen atoms in total. The van der Waals surface area contributed by atoms with E-state index in [1.54, 1.807) is 12.3 Å². The summed E-state index contributed by atoms with van der Waals surface area (Å²) in [6.07, 6.45) is 2.72. The normalized spacial score (nSPS) is 19.6. The molecule has 1 aliphatic rings. The molecular formula is C12H15N3O2. The summed E-state index contributed by atoms with van der Waals surface area (Å²) in [5, 5.41) is 5.44. The van der Waals surface area contributed by atoms with Gasteiger partial charge in [-0.3, -0.25) is 9.59 Å². The van der Waals surface area contributed by atoms with Gasteiger partial charge >= 0.3 is 0 Å². The van der Waals surface area contributed by atoms with Crippen LogP contribution in [0.4, 0.5) is 5.82 Å². The van der Waals surface area contributed by atoms with Crippen molar-refractivity contribution in [1.29, 1.82) is 0 Å². The smallest absolute Gasteiger partial charge is 0.230 e. The molecule has 1 aliphatic heterocycles. The molecule has 2 heterocycles. The molecule has 1 aromatic heterocycles. The van der Waals surface area contributed by atoms with Crippen molar-refractivity contribution in [2.24, 2.45) is 5.92 Å². The van der Waals surface area contributed by atoms with Crippen molar-refractivity contribution in [2.45, 2.75) is 19.8 Å². The minimum atomic E-state index is -0.157. The second-order valence-electron chi connectivity index (χ2n) is 4.25. The molecule has 0 bridgehead atoms. The van der Waals surface area contributed by atoms with E-state index in [1.807, 2.05) is 13.0 Å². The second-order valence-corrected chi connectivity index (χ2v) is 4.25. The number of carbonyl (C=O) groups excluding carboxylic acids is 2. The first-order valence-electron chi connectivity index (χ1n) is 5.65. The van der Waals surface area contributed by atoms with Crippen LogP contribution in [0, 0.1) is 12.8 Å². The summed E-state index contributed by atoms with van der Waals surface area (Å²) in [5.41, 5.74) is 1.05. The number of hydrogen-bond donors (Lipinski definition) is 2. The van der Waals surface area contributed by atoms with Gasteiger partial charge in [-0.05, 0) is 25.0 Å². The van der Waals surface area contributed by atoms with Gasteiger partial charge in [-0.1, -0.05) is 6.07 Å². The largest absolute Gasteiger partial charge is 0.355 e. The first-order chi connectivity index (χ1) is 8.15. The molecule has 2 rings (SSSR count). The third kappa shape index (κ3) is 3.03. The van der Waals surface area contributed by atoms with Gasteiger partial charge < -0.3 is 10.6 Å². The Morgan fingerprint density at radius 1 is 1.53 bits per heavy atom. The predicted molar refractivity (Wildman–Crippen MR) is 63.3 cm³/mol. The highest BCUT2D eigenvalue weighted by Crippen LogP contribution is 2.13. The van der Waals surface area contributed by atoms with Crippen LogP contribution < -0.4 is 10.6 Å². The number of aromatic nitrogens is 1. The van der Waals surface area contributed by atoms with Crippen molar-refractivity contribution in [2.75, 3.05) is 11.9 Å². The first kappa shape index (κ1) is 11.6. The molecule has 1 aromatic rings. The third-order valence-electron chi connectivity index (χ3n) is 2.80. The van der Waals surface area contributed by atoms with Gasteiger partial charge in [0, 0.05) is 19.2 Å². The Kier molecular flexibility index (Phi) is 3.37. The van der Waals surface area contributed by atoms with Gasteiger partial charge in [-0.15, -0.1) is 0 Å². The number of piperidine rings is 1. The Morgan fingerprint density at radius 3 is 2.94 bits per heavy atom. The molecule has 1 fully saturated rings. The fourth-order valence-corrected chi connectivity index (χ4v) is 1.73. The van der Waals surface area contributed by atoms with Crippen LogP contribution in [0.5, 0.6) is 0 Å². The van der Waals surface area contributed by atoms with Crippen LogP contribution in [0.25, 0.3) is 0 Å². The topological polar surface area (TPSA) is 71.1 Å². The number of pyridine rings is 1. The highest BCUT2D eigenvalue weighted by molar-refractivity contribution is 5.93. The van der Waals surface area contributed by atoms with E-state index in [4.69, 9.17) is 0 Å². The molecular weight excluding hydrogens is 218 g/mol. The van der Waals surface area contributed by atoms with Crippen molar-refractivity contribution in [3.8, 4) is 0 Å². The molecule has 17 heavy (non-hydrogen) atoms. The molecule has 1 atom stereocenters. The van der Waals surface area contributed by atoms with Crippen LogP contribution in [-0.2, 0) is 9.59 Å². The number of hydrogen-bond acceptors (Lipinski definition) is 3. The van der Waals surface area contributed by atoms with E-state index in [2.05, 4.69) is 15.6 Å². The fourth-order valence-electron chi connectivity index (χ4n) is 1.73. The summed E-state index contributed by atoms with van der Waals surface area (Å²) < 4.78 is 0. The van der Waals surface area contributed by atoms with Gasteiger partial charge in [-0.25, -0.2) is 4.98 Å². The molecule has 0 radical (unpaired) electrons. The lowest BCUT2D eigenvalue weighted by molar-refractivity contribution is -0.126. The summed E-state index contributed by atoms with van der Waals surface area (Å²) in [7, 11) is 0. The SMILES string of the molecule is Cc1ccc(NC(=O)[C@@H]2CCC(=O)NC2)nc1. The van der Waals surface area contributed by atoms with E-state index in [0.29, 0.717) is 25.2 Å².